The van der Waals surface area contributed by atoms with Gasteiger partial charge in [0.2, 0.25) is 16.7 Å². The molecule has 20 heteroatoms. The van der Waals surface area contributed by atoms with Gasteiger partial charge in [-0.25, -0.2) is 0 Å². The number of hydrogen-bond acceptors (Lipinski definition) is 10. The molecule has 53 heavy (non-hydrogen) atoms. The van der Waals surface area contributed by atoms with Gasteiger partial charge in [0.1, 0.15) is 22.8 Å². The van der Waals surface area contributed by atoms with Crippen LogP contribution < -0.4 is 94.9 Å². The Bertz CT molecular complexity index is 1990. The van der Waals surface area contributed by atoms with E-state index >= 15 is 0 Å². The van der Waals surface area contributed by atoms with Crippen molar-refractivity contribution < 1.29 is 75.8 Å². The number of hydrogen-bond donors (Lipinski definition) is 8. The van der Waals surface area contributed by atoms with E-state index in [1.54, 1.807) is 0 Å². The Balaban J connectivity index is 0.000000360. The van der Waals surface area contributed by atoms with Crippen LogP contribution in [0.1, 0.15) is 42.0 Å². The Morgan fingerprint density at radius 3 is 1.40 bits per heavy atom. The minimum Gasteiger partial charge on any atom is -0.659 e. The summed E-state index contributed by atoms with van der Waals surface area (Å²) in [5, 5.41) is 24.1. The Kier molecular flexibility index (Phi) is 19.7. The molecule has 0 unspecified atom stereocenters. The van der Waals surface area contributed by atoms with E-state index in [1.165, 1.54) is 66.7 Å². The number of aromatic nitrogens is 4. The number of H-pyrrole nitrogens is 3. The fraction of sp³-hybridized carbons (Fsp3) is 0.273. The van der Waals surface area contributed by atoms with E-state index in [0.29, 0.717) is 39.3 Å². The number of nitrogens with one attached hydrogen (secondary N) is 7. The molecule has 0 aromatic carbocycles. The number of aromatic amines is 3. The second-order valence-electron chi connectivity index (χ2n) is 10.8. The molecule has 4 amide bonds. The monoisotopic (exact) mass is 758 g/mol. The van der Waals surface area contributed by atoms with Crippen LogP contribution >= 0.6 is 0 Å². The van der Waals surface area contributed by atoms with Crippen molar-refractivity contribution in [2.45, 2.75) is 0 Å². The summed E-state index contributed by atoms with van der Waals surface area (Å²) in [5.41, 5.74) is -1.28. The van der Waals surface area contributed by atoms with Gasteiger partial charge in [0, 0.05) is 50.4 Å². The first-order valence-corrected chi connectivity index (χ1v) is 15.9. The molecule has 0 aliphatic carbocycles. The Morgan fingerprint density at radius 2 is 0.981 bits per heavy atom. The van der Waals surface area contributed by atoms with Gasteiger partial charge in [0.15, 0.2) is 0 Å². The smallest absolute Gasteiger partial charge is 0.659 e. The second kappa shape index (κ2) is 23.6. The summed E-state index contributed by atoms with van der Waals surface area (Å²) in [6.07, 6.45) is 0. The molecule has 4 heterocycles. The number of nitrogens with zero attached hydrogens (tertiary/aromatic N) is 3. The minimum absolute atomic E-state index is 0. The third-order valence-corrected chi connectivity index (χ3v) is 6.87. The van der Waals surface area contributed by atoms with Gasteiger partial charge in [-0.1, -0.05) is 24.3 Å². The molecule has 0 atom stereocenters. The van der Waals surface area contributed by atoms with Crippen LogP contribution in [0.5, 0.6) is 0 Å². The van der Waals surface area contributed by atoms with Crippen LogP contribution in [0, 0.1) is 0 Å². The minimum atomic E-state index is -0.696. The predicted octanol–water partition coefficient (Wildman–Crippen LogP) is -4.53. The molecular weight excluding hydrogens is 720 g/mol. The van der Waals surface area contributed by atoms with Crippen LogP contribution in [-0.2, 0) is 0 Å². The number of carbonyl (C=O) groups excluding carboxylic acids is 4. The molecule has 19 nitrogen and oxygen atoms in total. The van der Waals surface area contributed by atoms with E-state index < -0.39 is 17.4 Å². The number of carbonyl (C=O) groups is 4. The number of amides is 4. The zero-order valence-corrected chi connectivity index (χ0v) is 32.3. The standard InChI is InChI=1S/C17H21N5O4.C16H18N5O5.K/c1-22(10-8-18-16(25)12-4-2-6-14(23)20-12)11-9-19-17(26)13-5-3-7-15(24)21-13;22-13-5-1-3-11(20-13)15(24)18-9-7-17-8-10-19-16(25)12-4-2-6-14(23)21(12)26;/h2-7H,8-11H2,1H3,(H,18,25)(H,19,26)(H,20,23)(H,21,24);1-6,26H,7-10H2,(H,18,24)(H,19,25)(H,20,22);/q;-1;+1. The molecule has 4 aromatic rings. The van der Waals surface area contributed by atoms with Gasteiger partial charge in [-0.15, -0.1) is 17.8 Å². The van der Waals surface area contributed by atoms with Gasteiger partial charge in [0.25, 0.3) is 29.2 Å². The molecule has 0 saturated carbocycles. The van der Waals surface area contributed by atoms with E-state index in [-0.39, 0.29) is 120 Å². The van der Waals surface area contributed by atoms with Crippen molar-refractivity contribution >= 4 is 23.6 Å². The molecule has 276 valence electrons. The van der Waals surface area contributed by atoms with Gasteiger partial charge >= 0.3 is 51.4 Å². The first-order chi connectivity index (χ1) is 24.9. The normalized spacial score (nSPS) is 10.2. The zero-order valence-electron chi connectivity index (χ0n) is 29.1. The maximum Gasteiger partial charge on any atom is 1.00 e. The van der Waals surface area contributed by atoms with E-state index in [9.17, 15) is 43.6 Å². The Hall–Kier alpha value is -4.96. The first-order valence-electron chi connectivity index (χ1n) is 15.9. The molecule has 0 aliphatic heterocycles. The van der Waals surface area contributed by atoms with Crippen LogP contribution in [0.3, 0.4) is 0 Å². The van der Waals surface area contributed by atoms with Crippen molar-refractivity contribution in [1.82, 2.24) is 45.8 Å². The number of pyridine rings is 4. The molecule has 0 spiro atoms. The number of likely N-dealkylation sites (N-methyl/N-ethyl adjacent to an activating group) is 1. The largest absolute Gasteiger partial charge is 1.00 e. The quantitative estimate of drug-likeness (QED) is 0.0308. The first kappa shape index (κ1) is 44.2. The van der Waals surface area contributed by atoms with Crippen LogP contribution in [-0.4, -0.2) is 113 Å². The molecule has 4 rings (SSSR count). The van der Waals surface area contributed by atoms with Crippen molar-refractivity contribution in [3.8, 4) is 0 Å². The second-order valence-corrected chi connectivity index (χ2v) is 10.8. The molecule has 4 aromatic heterocycles. The SMILES string of the molecule is CN(CCNC(=O)c1cccc(=O)[nH]1)CCNC(=O)c1cccc(=O)[nH]1.O=C(NCC[N-]CCNC(=O)c1cccc(=O)n1O)c1cccc(=O)[nH]1.[K+]. The van der Waals surface area contributed by atoms with Gasteiger partial charge in [-0.05, 0) is 44.4 Å². The van der Waals surface area contributed by atoms with E-state index in [1.807, 2.05) is 11.9 Å². The van der Waals surface area contributed by atoms with Crippen LogP contribution in [0.25, 0.3) is 5.32 Å². The van der Waals surface area contributed by atoms with E-state index in [0.717, 1.165) is 6.07 Å². The summed E-state index contributed by atoms with van der Waals surface area (Å²) in [7, 11) is 1.85. The van der Waals surface area contributed by atoms with Crippen LogP contribution in [0.2, 0.25) is 0 Å². The van der Waals surface area contributed by atoms with Gasteiger partial charge in [0.05, 0.1) is 0 Å². The fourth-order valence-electron chi connectivity index (χ4n) is 4.21. The summed E-state index contributed by atoms with van der Waals surface area (Å²) >= 11 is 0. The summed E-state index contributed by atoms with van der Waals surface area (Å²) in [5.74, 6) is -1.70. The predicted molar refractivity (Wildman–Crippen MR) is 189 cm³/mol. The summed E-state index contributed by atoms with van der Waals surface area (Å²) in [4.78, 5) is 101. The molecule has 0 fully saturated rings. The summed E-state index contributed by atoms with van der Waals surface area (Å²) < 4.78 is 0.274. The molecule has 0 bridgehead atoms. The fourth-order valence-corrected chi connectivity index (χ4v) is 4.21. The van der Waals surface area contributed by atoms with E-state index in [4.69, 9.17) is 0 Å². The average Bonchev–Trinajstić information content (AvgIpc) is 3.12. The van der Waals surface area contributed by atoms with Gasteiger partial charge < -0.3 is 51.6 Å². The van der Waals surface area contributed by atoms with Crippen molar-refractivity contribution in [3.63, 3.8) is 0 Å². The van der Waals surface area contributed by atoms with Crippen LogP contribution in [0.15, 0.2) is 92.0 Å². The summed E-state index contributed by atoms with van der Waals surface area (Å²) in [6, 6.07) is 16.9. The van der Waals surface area contributed by atoms with Gasteiger partial charge in [-0.2, -0.15) is 0 Å². The van der Waals surface area contributed by atoms with Crippen LogP contribution in [0.4, 0.5) is 0 Å². The Labute approximate surface area is 344 Å². The zero-order chi connectivity index (χ0) is 37.9. The van der Waals surface area contributed by atoms with Crippen molar-refractivity contribution in [1.29, 1.82) is 0 Å². The maximum absolute atomic E-state index is 11.9. The molecule has 0 radical (unpaired) electrons. The molecule has 0 aliphatic rings. The van der Waals surface area contributed by atoms with Crippen molar-refractivity contribution in [2.75, 3.05) is 59.4 Å². The maximum atomic E-state index is 11.9. The van der Waals surface area contributed by atoms with E-state index in [2.05, 4.69) is 41.5 Å². The third-order valence-electron chi connectivity index (χ3n) is 6.87. The molecular formula is C33H39KN10O9. The van der Waals surface area contributed by atoms with Crippen molar-refractivity contribution in [2.24, 2.45) is 0 Å². The number of rotatable bonds is 16. The molecule has 8 N–H and O–H groups in total. The summed E-state index contributed by atoms with van der Waals surface area (Å²) in [6.45, 7) is 3.04. The average molecular weight is 759 g/mol. The Morgan fingerprint density at radius 1 is 0.604 bits per heavy atom. The van der Waals surface area contributed by atoms with Crippen molar-refractivity contribution in [3.05, 3.63) is 142 Å². The third kappa shape index (κ3) is 16.1. The topological polar surface area (TPSA) is 275 Å². The molecule has 0 saturated heterocycles. The van der Waals surface area contributed by atoms with Gasteiger partial charge in [-0.3, -0.25) is 38.4 Å².